The maximum Gasteiger partial charge on any atom is 0.273 e. The minimum atomic E-state index is -0.713. The molecule has 7 heteroatoms. The van der Waals surface area contributed by atoms with Crippen LogP contribution in [-0.4, -0.2) is 33.7 Å². The molecule has 1 N–H and O–H groups in total. The summed E-state index contributed by atoms with van der Waals surface area (Å²) in [5, 5.41) is 14.2. The standard InChI is InChI=1S/C23H29N3O4/c1-5-17(3)24-23(28)18(4)25(15-19-10-8-9-16(2)13-19)22(27)14-20-11-6-7-12-21(20)26(29)30/h6-13,17-18H,5,14-15H2,1-4H3,(H,24,28)/t17-,18+/m1/s1. The van der Waals surface area contributed by atoms with Gasteiger partial charge >= 0.3 is 0 Å². The van der Waals surface area contributed by atoms with Crippen molar-refractivity contribution in [3.05, 3.63) is 75.3 Å². The minimum absolute atomic E-state index is 0.00826. The maximum atomic E-state index is 13.2. The second-order valence-electron chi connectivity index (χ2n) is 7.57. The van der Waals surface area contributed by atoms with Crippen LogP contribution in [0.4, 0.5) is 5.69 Å². The number of para-hydroxylation sites is 1. The molecule has 7 nitrogen and oxygen atoms in total. The van der Waals surface area contributed by atoms with E-state index in [9.17, 15) is 19.7 Å². The van der Waals surface area contributed by atoms with Crippen molar-refractivity contribution in [1.82, 2.24) is 10.2 Å². The molecule has 2 atom stereocenters. The molecule has 0 aliphatic carbocycles. The molecular weight excluding hydrogens is 382 g/mol. The molecule has 160 valence electrons. The van der Waals surface area contributed by atoms with E-state index in [0.717, 1.165) is 17.5 Å². The van der Waals surface area contributed by atoms with E-state index in [1.54, 1.807) is 25.1 Å². The second-order valence-corrected chi connectivity index (χ2v) is 7.57. The van der Waals surface area contributed by atoms with E-state index in [0.29, 0.717) is 5.56 Å². The molecule has 0 spiro atoms. The van der Waals surface area contributed by atoms with E-state index in [1.165, 1.54) is 11.0 Å². The number of nitrogens with one attached hydrogen (secondary N) is 1. The third-order valence-electron chi connectivity index (χ3n) is 5.13. The molecule has 0 bridgehead atoms. The van der Waals surface area contributed by atoms with Crippen LogP contribution < -0.4 is 5.32 Å². The summed E-state index contributed by atoms with van der Waals surface area (Å²) in [5.74, 6) is -0.578. The molecule has 2 aromatic rings. The molecule has 0 heterocycles. The second kappa shape index (κ2) is 10.5. The Morgan fingerprint density at radius 2 is 1.83 bits per heavy atom. The fraction of sp³-hybridized carbons (Fsp3) is 0.391. The monoisotopic (exact) mass is 411 g/mol. The van der Waals surface area contributed by atoms with Gasteiger partial charge in [0.15, 0.2) is 0 Å². The number of nitrogens with zero attached hydrogens (tertiary/aromatic N) is 2. The number of amides is 2. The SMILES string of the molecule is CC[C@@H](C)NC(=O)[C@H](C)N(Cc1cccc(C)c1)C(=O)Cc1ccccc1[N+](=O)[O-]. The number of carbonyl (C=O) groups is 2. The largest absolute Gasteiger partial charge is 0.352 e. The number of benzene rings is 2. The Morgan fingerprint density at radius 1 is 1.13 bits per heavy atom. The van der Waals surface area contributed by atoms with Crippen LogP contribution in [0.2, 0.25) is 0 Å². The fourth-order valence-corrected chi connectivity index (χ4v) is 3.16. The van der Waals surface area contributed by atoms with E-state index in [4.69, 9.17) is 0 Å². The summed E-state index contributed by atoms with van der Waals surface area (Å²) in [5.41, 5.74) is 2.18. The molecule has 0 fully saturated rings. The summed E-state index contributed by atoms with van der Waals surface area (Å²) in [7, 11) is 0. The van der Waals surface area contributed by atoms with Crippen LogP contribution in [0.3, 0.4) is 0 Å². The van der Waals surface area contributed by atoms with Crippen LogP contribution in [0.25, 0.3) is 0 Å². The Labute approximate surface area is 177 Å². The van der Waals surface area contributed by atoms with Crippen molar-refractivity contribution in [3.8, 4) is 0 Å². The van der Waals surface area contributed by atoms with Gasteiger partial charge in [-0.15, -0.1) is 0 Å². The van der Waals surface area contributed by atoms with Gasteiger partial charge in [-0.1, -0.05) is 55.0 Å². The Bertz CT molecular complexity index is 913. The Balaban J connectivity index is 2.31. The van der Waals surface area contributed by atoms with Crippen molar-refractivity contribution in [2.45, 2.75) is 59.2 Å². The number of hydrogen-bond donors (Lipinski definition) is 1. The Kier molecular flexibility index (Phi) is 8.09. The molecule has 0 unspecified atom stereocenters. The predicted molar refractivity (Wildman–Crippen MR) is 116 cm³/mol. The lowest BCUT2D eigenvalue weighted by Gasteiger charge is -2.30. The average Bonchev–Trinajstić information content (AvgIpc) is 2.71. The Morgan fingerprint density at radius 3 is 2.47 bits per heavy atom. The summed E-state index contributed by atoms with van der Waals surface area (Å²) in [6.07, 6.45) is 0.629. The first-order valence-electron chi connectivity index (χ1n) is 10.1. The van der Waals surface area contributed by atoms with Gasteiger partial charge in [-0.25, -0.2) is 0 Å². The van der Waals surface area contributed by atoms with Gasteiger partial charge in [0.1, 0.15) is 6.04 Å². The van der Waals surface area contributed by atoms with Gasteiger partial charge in [0.25, 0.3) is 5.69 Å². The number of carbonyl (C=O) groups excluding carboxylic acids is 2. The zero-order valence-corrected chi connectivity index (χ0v) is 17.9. The molecule has 30 heavy (non-hydrogen) atoms. The lowest BCUT2D eigenvalue weighted by molar-refractivity contribution is -0.385. The zero-order valence-electron chi connectivity index (χ0n) is 17.9. The van der Waals surface area contributed by atoms with Crippen LogP contribution in [0.15, 0.2) is 48.5 Å². The van der Waals surface area contributed by atoms with E-state index in [-0.39, 0.29) is 36.5 Å². The average molecular weight is 412 g/mol. The molecule has 0 saturated heterocycles. The molecule has 0 radical (unpaired) electrons. The van der Waals surface area contributed by atoms with Crippen LogP contribution >= 0.6 is 0 Å². The van der Waals surface area contributed by atoms with Gasteiger partial charge in [0.05, 0.1) is 11.3 Å². The third kappa shape index (κ3) is 6.14. The zero-order chi connectivity index (χ0) is 22.3. The van der Waals surface area contributed by atoms with Crippen molar-refractivity contribution in [2.24, 2.45) is 0 Å². The first-order valence-corrected chi connectivity index (χ1v) is 10.1. The third-order valence-corrected chi connectivity index (χ3v) is 5.13. The summed E-state index contributed by atoms with van der Waals surface area (Å²) in [4.78, 5) is 38.2. The molecule has 0 saturated carbocycles. The molecule has 2 rings (SSSR count). The molecule has 0 aliphatic rings. The van der Waals surface area contributed by atoms with Crippen LogP contribution in [0.5, 0.6) is 0 Å². The molecular formula is C23H29N3O4. The fourth-order valence-electron chi connectivity index (χ4n) is 3.16. The summed E-state index contributed by atoms with van der Waals surface area (Å²) in [6.45, 7) is 7.77. The highest BCUT2D eigenvalue weighted by Crippen LogP contribution is 2.20. The van der Waals surface area contributed by atoms with E-state index in [2.05, 4.69) is 5.32 Å². The van der Waals surface area contributed by atoms with E-state index >= 15 is 0 Å². The van der Waals surface area contributed by atoms with E-state index in [1.807, 2.05) is 45.0 Å². The first kappa shape index (κ1) is 23.1. The molecule has 2 amide bonds. The summed E-state index contributed by atoms with van der Waals surface area (Å²) in [6, 6.07) is 13.2. The number of rotatable bonds is 9. The summed E-state index contributed by atoms with van der Waals surface area (Å²) >= 11 is 0. The number of nitro benzene ring substituents is 1. The summed E-state index contributed by atoms with van der Waals surface area (Å²) < 4.78 is 0. The van der Waals surface area contributed by atoms with Gasteiger partial charge in [-0.3, -0.25) is 19.7 Å². The first-order chi connectivity index (χ1) is 14.2. The molecule has 0 aliphatic heterocycles. The van der Waals surface area contributed by atoms with Crippen molar-refractivity contribution < 1.29 is 14.5 Å². The van der Waals surface area contributed by atoms with Gasteiger partial charge < -0.3 is 10.2 Å². The predicted octanol–water partition coefficient (Wildman–Crippen LogP) is 3.78. The highest BCUT2D eigenvalue weighted by atomic mass is 16.6. The molecule has 0 aromatic heterocycles. The number of aryl methyl sites for hydroxylation is 1. The number of hydrogen-bond acceptors (Lipinski definition) is 4. The normalized spacial score (nSPS) is 12.7. The quantitative estimate of drug-likeness (QED) is 0.502. The lowest BCUT2D eigenvalue weighted by atomic mass is 10.1. The van der Waals surface area contributed by atoms with Gasteiger partial charge in [-0.2, -0.15) is 0 Å². The highest BCUT2D eigenvalue weighted by Gasteiger charge is 2.28. The maximum absolute atomic E-state index is 13.2. The Hall–Kier alpha value is -3.22. The van der Waals surface area contributed by atoms with Crippen molar-refractivity contribution in [1.29, 1.82) is 0 Å². The van der Waals surface area contributed by atoms with Crippen LogP contribution in [0.1, 0.15) is 43.9 Å². The van der Waals surface area contributed by atoms with Gasteiger partial charge in [0.2, 0.25) is 11.8 Å². The smallest absolute Gasteiger partial charge is 0.273 e. The van der Waals surface area contributed by atoms with E-state index < -0.39 is 11.0 Å². The van der Waals surface area contributed by atoms with Crippen molar-refractivity contribution in [2.75, 3.05) is 0 Å². The van der Waals surface area contributed by atoms with Gasteiger partial charge in [-0.05, 0) is 32.8 Å². The molecule has 2 aromatic carbocycles. The van der Waals surface area contributed by atoms with Crippen LogP contribution in [0, 0.1) is 17.0 Å². The van der Waals surface area contributed by atoms with Crippen molar-refractivity contribution in [3.63, 3.8) is 0 Å². The number of nitro groups is 1. The van der Waals surface area contributed by atoms with Gasteiger partial charge in [0, 0.05) is 24.2 Å². The highest BCUT2D eigenvalue weighted by molar-refractivity contribution is 5.88. The lowest BCUT2D eigenvalue weighted by Crippen LogP contribution is -2.49. The van der Waals surface area contributed by atoms with Crippen LogP contribution in [-0.2, 0) is 22.6 Å². The van der Waals surface area contributed by atoms with Crippen molar-refractivity contribution >= 4 is 17.5 Å². The minimum Gasteiger partial charge on any atom is -0.352 e. The topological polar surface area (TPSA) is 92.6 Å².